The fraction of sp³-hybridized carbons (Fsp3) is 0.455. The molecule has 3 N–H and O–H groups in total. The van der Waals surface area contributed by atoms with Crippen LogP contribution in [0.3, 0.4) is 0 Å². The van der Waals surface area contributed by atoms with E-state index in [-0.39, 0.29) is 4.90 Å². The summed E-state index contributed by atoms with van der Waals surface area (Å²) in [6, 6.07) is 3.20. The van der Waals surface area contributed by atoms with Crippen molar-refractivity contribution in [1.82, 2.24) is 5.32 Å². The van der Waals surface area contributed by atoms with Crippen molar-refractivity contribution in [3.05, 3.63) is 23.3 Å². The SMILES string of the molecule is COc1ccc(S(N)(=O)=O)c2c1CCNCC2. The molecule has 0 aromatic heterocycles. The molecule has 0 spiro atoms. The molecule has 0 unspecified atom stereocenters. The molecule has 2 rings (SSSR count). The van der Waals surface area contributed by atoms with Crippen LogP contribution < -0.4 is 15.2 Å². The zero-order valence-corrected chi connectivity index (χ0v) is 10.5. The minimum absolute atomic E-state index is 0.219. The number of methoxy groups -OCH3 is 1. The number of fused-ring (bicyclic) bond motifs is 1. The molecule has 1 heterocycles. The molecule has 1 aromatic carbocycles. The smallest absolute Gasteiger partial charge is 0.238 e. The van der Waals surface area contributed by atoms with Gasteiger partial charge in [0, 0.05) is 0 Å². The topological polar surface area (TPSA) is 81.4 Å². The quantitative estimate of drug-likeness (QED) is 0.782. The Balaban J connectivity index is 2.65. The van der Waals surface area contributed by atoms with E-state index in [1.807, 2.05) is 0 Å². The summed E-state index contributed by atoms with van der Waals surface area (Å²) in [5, 5.41) is 8.47. The second-order valence-electron chi connectivity index (χ2n) is 4.02. The Morgan fingerprint density at radius 2 is 1.88 bits per heavy atom. The summed E-state index contributed by atoms with van der Waals surface area (Å²) in [6.45, 7) is 1.57. The Kier molecular flexibility index (Phi) is 3.37. The van der Waals surface area contributed by atoms with Gasteiger partial charge in [0.1, 0.15) is 5.75 Å². The van der Waals surface area contributed by atoms with Crippen molar-refractivity contribution in [2.75, 3.05) is 20.2 Å². The van der Waals surface area contributed by atoms with E-state index in [2.05, 4.69) is 5.32 Å². The first-order valence-corrected chi connectivity index (χ1v) is 7.01. The van der Waals surface area contributed by atoms with Crippen LogP contribution in [-0.2, 0) is 22.9 Å². The van der Waals surface area contributed by atoms with E-state index < -0.39 is 10.0 Å². The Hall–Kier alpha value is -1.11. The Morgan fingerprint density at radius 3 is 2.47 bits per heavy atom. The van der Waals surface area contributed by atoms with Gasteiger partial charge in [-0.05, 0) is 49.2 Å². The van der Waals surface area contributed by atoms with Crippen LogP contribution in [-0.4, -0.2) is 28.6 Å². The van der Waals surface area contributed by atoms with Crippen LogP contribution >= 0.6 is 0 Å². The lowest BCUT2D eigenvalue weighted by atomic mass is 10.0. The van der Waals surface area contributed by atoms with Crippen LogP contribution in [0.25, 0.3) is 0 Å². The zero-order valence-electron chi connectivity index (χ0n) is 9.69. The van der Waals surface area contributed by atoms with Gasteiger partial charge in [0.15, 0.2) is 0 Å². The number of benzene rings is 1. The van der Waals surface area contributed by atoms with Crippen LogP contribution in [0.2, 0.25) is 0 Å². The first-order chi connectivity index (χ1) is 8.04. The van der Waals surface area contributed by atoms with Crippen LogP contribution in [0, 0.1) is 0 Å². The zero-order chi connectivity index (χ0) is 12.5. The number of primary sulfonamides is 1. The van der Waals surface area contributed by atoms with Gasteiger partial charge in [0.25, 0.3) is 0 Å². The third-order valence-electron chi connectivity index (χ3n) is 2.98. The van der Waals surface area contributed by atoms with Crippen LogP contribution in [0.15, 0.2) is 17.0 Å². The minimum atomic E-state index is -3.67. The highest BCUT2D eigenvalue weighted by Gasteiger charge is 2.21. The molecule has 0 amide bonds. The van der Waals surface area contributed by atoms with Crippen molar-refractivity contribution < 1.29 is 13.2 Å². The minimum Gasteiger partial charge on any atom is -0.496 e. The average molecular weight is 256 g/mol. The van der Waals surface area contributed by atoms with E-state index in [9.17, 15) is 8.42 Å². The molecular weight excluding hydrogens is 240 g/mol. The molecule has 17 heavy (non-hydrogen) atoms. The molecule has 0 saturated carbocycles. The van der Waals surface area contributed by atoms with Crippen molar-refractivity contribution in [3.63, 3.8) is 0 Å². The van der Waals surface area contributed by atoms with Gasteiger partial charge in [-0.3, -0.25) is 0 Å². The molecule has 0 atom stereocenters. The van der Waals surface area contributed by atoms with Crippen molar-refractivity contribution >= 4 is 10.0 Å². The number of ether oxygens (including phenoxy) is 1. The number of sulfonamides is 1. The lowest BCUT2D eigenvalue weighted by molar-refractivity contribution is 0.408. The number of nitrogens with one attached hydrogen (secondary N) is 1. The molecule has 0 saturated heterocycles. The molecule has 1 aromatic rings. The maximum absolute atomic E-state index is 11.5. The van der Waals surface area contributed by atoms with Gasteiger partial charge in [-0.1, -0.05) is 0 Å². The van der Waals surface area contributed by atoms with E-state index in [4.69, 9.17) is 9.88 Å². The molecule has 1 aliphatic heterocycles. The predicted octanol–water partition coefficient (Wildman–Crippen LogP) is 0.0308. The van der Waals surface area contributed by atoms with E-state index in [1.165, 1.54) is 6.07 Å². The summed E-state index contributed by atoms with van der Waals surface area (Å²) in [5.74, 6) is 0.733. The highest BCUT2D eigenvalue weighted by atomic mass is 32.2. The fourth-order valence-corrected chi connectivity index (χ4v) is 3.03. The number of hydrogen-bond acceptors (Lipinski definition) is 4. The summed E-state index contributed by atoms with van der Waals surface area (Å²) < 4.78 is 28.3. The molecule has 5 nitrogen and oxygen atoms in total. The van der Waals surface area contributed by atoms with Gasteiger partial charge in [0.05, 0.1) is 12.0 Å². The fourth-order valence-electron chi connectivity index (χ4n) is 2.21. The maximum atomic E-state index is 11.5. The third-order valence-corrected chi connectivity index (χ3v) is 3.97. The molecule has 0 aliphatic carbocycles. The molecule has 0 fully saturated rings. The lowest BCUT2D eigenvalue weighted by Crippen LogP contribution is -2.17. The predicted molar refractivity (Wildman–Crippen MR) is 64.6 cm³/mol. The highest BCUT2D eigenvalue weighted by Crippen LogP contribution is 2.29. The number of hydrogen-bond donors (Lipinski definition) is 2. The summed E-state index contributed by atoms with van der Waals surface area (Å²) in [4.78, 5) is 0.219. The Bertz CT molecular complexity index is 526. The maximum Gasteiger partial charge on any atom is 0.238 e. The second kappa shape index (κ2) is 4.64. The largest absolute Gasteiger partial charge is 0.496 e. The second-order valence-corrected chi connectivity index (χ2v) is 5.55. The van der Waals surface area contributed by atoms with E-state index in [0.29, 0.717) is 6.42 Å². The molecule has 1 aliphatic rings. The average Bonchev–Trinajstić information content (AvgIpc) is 2.51. The highest BCUT2D eigenvalue weighted by molar-refractivity contribution is 7.89. The van der Waals surface area contributed by atoms with Gasteiger partial charge in [-0.2, -0.15) is 0 Å². The van der Waals surface area contributed by atoms with Crippen molar-refractivity contribution in [1.29, 1.82) is 0 Å². The Morgan fingerprint density at radius 1 is 1.24 bits per heavy atom. The third kappa shape index (κ3) is 2.43. The monoisotopic (exact) mass is 256 g/mol. The van der Waals surface area contributed by atoms with Crippen LogP contribution in [0.1, 0.15) is 11.1 Å². The van der Waals surface area contributed by atoms with E-state index in [0.717, 1.165) is 36.4 Å². The molecule has 6 heteroatoms. The Labute approximate surface area is 101 Å². The van der Waals surface area contributed by atoms with Crippen molar-refractivity contribution in [3.8, 4) is 5.75 Å². The first-order valence-electron chi connectivity index (χ1n) is 5.46. The van der Waals surface area contributed by atoms with Gasteiger partial charge in [-0.15, -0.1) is 0 Å². The summed E-state index contributed by atoms with van der Waals surface area (Å²) in [6.07, 6.45) is 1.40. The molecular formula is C11H16N2O3S. The lowest BCUT2D eigenvalue weighted by Gasteiger charge is -2.14. The summed E-state index contributed by atoms with van der Waals surface area (Å²) >= 11 is 0. The van der Waals surface area contributed by atoms with Crippen molar-refractivity contribution in [2.45, 2.75) is 17.7 Å². The molecule has 94 valence electrons. The van der Waals surface area contributed by atoms with E-state index >= 15 is 0 Å². The molecule has 0 radical (unpaired) electrons. The summed E-state index contributed by atoms with van der Waals surface area (Å²) in [5.41, 5.74) is 1.74. The standard InChI is InChI=1S/C11H16N2O3S/c1-16-10-2-3-11(17(12,14)15)9-5-7-13-6-4-8(9)10/h2-3,13H,4-7H2,1H3,(H2,12,14,15). The van der Waals surface area contributed by atoms with Gasteiger partial charge in [-0.25, -0.2) is 13.6 Å². The van der Waals surface area contributed by atoms with Gasteiger partial charge >= 0.3 is 0 Å². The number of nitrogens with two attached hydrogens (primary N) is 1. The van der Waals surface area contributed by atoms with Gasteiger partial charge < -0.3 is 10.1 Å². The van der Waals surface area contributed by atoms with Crippen LogP contribution in [0.4, 0.5) is 0 Å². The first kappa shape index (κ1) is 12.3. The summed E-state index contributed by atoms with van der Waals surface area (Å²) in [7, 11) is -2.08. The van der Waals surface area contributed by atoms with Crippen molar-refractivity contribution in [2.24, 2.45) is 5.14 Å². The van der Waals surface area contributed by atoms with Gasteiger partial charge in [0.2, 0.25) is 10.0 Å². The van der Waals surface area contributed by atoms with Crippen LogP contribution in [0.5, 0.6) is 5.75 Å². The van der Waals surface area contributed by atoms with E-state index in [1.54, 1.807) is 13.2 Å². The molecule has 0 bridgehead atoms. The number of rotatable bonds is 2. The normalized spacial score (nSPS) is 16.1.